The third-order valence-corrected chi connectivity index (χ3v) is 6.62. The van der Waals surface area contributed by atoms with Crippen molar-refractivity contribution in [3.05, 3.63) is 71.5 Å². The van der Waals surface area contributed by atoms with Crippen molar-refractivity contribution < 1.29 is 13.9 Å². The molecule has 2 aliphatic rings. The van der Waals surface area contributed by atoms with Crippen molar-refractivity contribution in [2.45, 2.75) is 57.1 Å². The Morgan fingerprint density at radius 3 is 2.07 bits per heavy atom. The number of fused-ring (bicyclic) bond motifs is 2. The van der Waals surface area contributed by atoms with Gasteiger partial charge in [0.25, 0.3) is 0 Å². The zero-order valence-electron chi connectivity index (χ0n) is 17.1. The molecular weight excluding hydrogens is 362 g/mol. The molecular formula is C25H28BFO2. The molecule has 0 saturated carbocycles. The molecule has 0 unspecified atom stereocenters. The predicted molar refractivity (Wildman–Crippen MR) is 117 cm³/mol. The highest BCUT2D eigenvalue weighted by Crippen LogP contribution is 2.52. The SMILES string of the molecule is CCOC(=O)/C(=C(/B1C2CCCC1CCC2)c1ccccc1)c1ccc(F)cc1. The van der Waals surface area contributed by atoms with E-state index in [2.05, 4.69) is 12.1 Å². The number of benzene rings is 2. The lowest BCUT2D eigenvalue weighted by atomic mass is 9.23. The smallest absolute Gasteiger partial charge is 0.338 e. The number of rotatable bonds is 5. The van der Waals surface area contributed by atoms with Gasteiger partial charge in [0.2, 0.25) is 0 Å². The number of halogens is 1. The normalized spacial score (nSPS) is 22.1. The van der Waals surface area contributed by atoms with E-state index < -0.39 is 0 Å². The summed E-state index contributed by atoms with van der Waals surface area (Å²) in [4.78, 5) is 13.2. The molecule has 2 aromatic carbocycles. The maximum atomic E-state index is 13.6. The molecule has 2 aliphatic heterocycles. The van der Waals surface area contributed by atoms with Crippen molar-refractivity contribution in [3.63, 3.8) is 0 Å². The van der Waals surface area contributed by atoms with Crippen LogP contribution in [0.25, 0.3) is 11.0 Å². The first kappa shape index (κ1) is 19.9. The molecule has 2 aromatic rings. The number of esters is 1. The largest absolute Gasteiger partial charge is 0.462 e. The van der Waals surface area contributed by atoms with Crippen LogP contribution >= 0.6 is 0 Å². The maximum Gasteiger partial charge on any atom is 0.338 e. The highest BCUT2D eigenvalue weighted by molar-refractivity contribution is 6.84. The molecule has 2 heterocycles. The fourth-order valence-corrected chi connectivity index (χ4v) is 5.47. The molecule has 2 saturated heterocycles. The standard InChI is InChI=1S/C25H28BFO2/c1-2-29-25(28)23(18-14-16-22(27)17-15-18)24(19-8-4-3-5-9-19)26-20-10-6-11-21(26)13-7-12-20/h3-5,8-9,14-17,20-21H,2,6-7,10-13H2,1H3/b24-23+. The molecule has 0 atom stereocenters. The molecule has 4 heteroatoms. The molecule has 0 amide bonds. The van der Waals surface area contributed by atoms with E-state index in [0.29, 0.717) is 30.5 Å². The van der Waals surface area contributed by atoms with Gasteiger partial charge in [-0.05, 0) is 30.2 Å². The third-order valence-electron chi connectivity index (χ3n) is 6.62. The molecule has 29 heavy (non-hydrogen) atoms. The summed E-state index contributed by atoms with van der Waals surface area (Å²) < 4.78 is 19.1. The van der Waals surface area contributed by atoms with Crippen molar-refractivity contribution in [2.75, 3.05) is 6.61 Å². The van der Waals surface area contributed by atoms with Crippen molar-refractivity contribution in [2.24, 2.45) is 0 Å². The number of ether oxygens (including phenoxy) is 1. The second-order valence-corrected chi connectivity index (χ2v) is 8.29. The van der Waals surface area contributed by atoms with E-state index in [0.717, 1.165) is 16.6 Å². The van der Waals surface area contributed by atoms with Crippen LogP contribution in [0.2, 0.25) is 11.6 Å². The Morgan fingerprint density at radius 2 is 1.52 bits per heavy atom. The monoisotopic (exact) mass is 390 g/mol. The fraction of sp³-hybridized carbons (Fsp3) is 0.400. The van der Waals surface area contributed by atoms with E-state index in [4.69, 9.17) is 4.74 Å². The molecule has 2 fully saturated rings. The lowest BCUT2D eigenvalue weighted by molar-refractivity contribution is -0.136. The van der Waals surface area contributed by atoms with E-state index in [1.165, 1.54) is 50.7 Å². The summed E-state index contributed by atoms with van der Waals surface area (Å²) in [5.41, 5.74) is 3.54. The minimum Gasteiger partial charge on any atom is -0.462 e. The van der Waals surface area contributed by atoms with Gasteiger partial charge in [0.1, 0.15) is 5.82 Å². The molecule has 0 radical (unpaired) electrons. The van der Waals surface area contributed by atoms with Gasteiger partial charge in [-0.3, -0.25) is 0 Å². The van der Waals surface area contributed by atoms with E-state index in [1.54, 1.807) is 12.1 Å². The molecule has 0 aromatic heterocycles. The Morgan fingerprint density at radius 1 is 0.931 bits per heavy atom. The van der Waals surface area contributed by atoms with Crippen LogP contribution in [0.4, 0.5) is 4.39 Å². The fourth-order valence-electron chi connectivity index (χ4n) is 5.47. The van der Waals surface area contributed by atoms with E-state index in [1.807, 2.05) is 25.1 Å². The quantitative estimate of drug-likeness (QED) is 0.254. The summed E-state index contributed by atoms with van der Waals surface area (Å²) >= 11 is 0. The highest BCUT2D eigenvalue weighted by Gasteiger charge is 2.43. The van der Waals surface area contributed by atoms with Gasteiger partial charge in [-0.25, -0.2) is 9.18 Å². The lowest BCUT2D eigenvalue weighted by Gasteiger charge is -2.42. The summed E-state index contributed by atoms with van der Waals surface area (Å²) in [6.45, 7) is 2.50. The van der Waals surface area contributed by atoms with Gasteiger partial charge in [-0.15, -0.1) is 0 Å². The Kier molecular flexibility index (Phi) is 6.18. The molecule has 2 nitrogen and oxygen atoms in total. The zero-order valence-corrected chi connectivity index (χ0v) is 17.1. The van der Waals surface area contributed by atoms with Crippen LogP contribution in [0.15, 0.2) is 54.6 Å². The minimum atomic E-state index is -0.304. The first-order chi connectivity index (χ1) is 14.2. The predicted octanol–water partition coefficient (Wildman–Crippen LogP) is 6.44. The van der Waals surface area contributed by atoms with Gasteiger partial charge < -0.3 is 4.74 Å². The molecule has 150 valence electrons. The molecule has 0 spiro atoms. The average Bonchev–Trinajstić information content (AvgIpc) is 2.73. The van der Waals surface area contributed by atoms with Crippen LogP contribution in [0, 0.1) is 5.82 Å². The van der Waals surface area contributed by atoms with Gasteiger partial charge in [0.15, 0.2) is 6.71 Å². The van der Waals surface area contributed by atoms with E-state index in [9.17, 15) is 9.18 Å². The molecule has 2 bridgehead atoms. The van der Waals surface area contributed by atoms with Gasteiger partial charge >= 0.3 is 5.97 Å². The van der Waals surface area contributed by atoms with Crippen LogP contribution < -0.4 is 0 Å². The summed E-state index contributed by atoms with van der Waals surface area (Å²) in [6, 6.07) is 16.5. The summed E-state index contributed by atoms with van der Waals surface area (Å²) in [5.74, 6) is 0.597. The topological polar surface area (TPSA) is 26.3 Å². The Balaban J connectivity index is 1.95. The van der Waals surface area contributed by atoms with Gasteiger partial charge in [-0.2, -0.15) is 0 Å². The minimum absolute atomic E-state index is 0.298. The number of hydrogen-bond donors (Lipinski definition) is 0. The Labute approximate surface area is 173 Å². The molecule has 0 aliphatic carbocycles. The summed E-state index contributed by atoms with van der Waals surface area (Å²) in [5, 5.41) is 0. The van der Waals surface area contributed by atoms with Crippen molar-refractivity contribution in [1.29, 1.82) is 0 Å². The molecule has 0 N–H and O–H groups in total. The van der Waals surface area contributed by atoms with E-state index >= 15 is 0 Å². The number of hydrogen-bond acceptors (Lipinski definition) is 2. The van der Waals surface area contributed by atoms with Gasteiger partial charge in [-0.1, -0.05) is 98.1 Å². The van der Waals surface area contributed by atoms with Gasteiger partial charge in [0, 0.05) is 0 Å². The van der Waals surface area contributed by atoms with Crippen LogP contribution in [0.3, 0.4) is 0 Å². The molecule has 4 rings (SSSR count). The van der Waals surface area contributed by atoms with Crippen molar-refractivity contribution in [3.8, 4) is 0 Å². The lowest BCUT2D eigenvalue weighted by Crippen LogP contribution is -2.37. The number of carbonyl (C=O) groups is 1. The Hall–Kier alpha value is -2.36. The van der Waals surface area contributed by atoms with Crippen molar-refractivity contribution in [1.82, 2.24) is 0 Å². The summed E-state index contributed by atoms with van der Waals surface area (Å²) in [7, 11) is 0. The number of carbonyl (C=O) groups excluding carboxylic acids is 1. The first-order valence-corrected chi connectivity index (χ1v) is 10.9. The van der Waals surface area contributed by atoms with E-state index in [-0.39, 0.29) is 11.8 Å². The van der Waals surface area contributed by atoms with Gasteiger partial charge in [0.05, 0.1) is 12.2 Å². The Bertz CT molecular complexity index is 853. The second-order valence-electron chi connectivity index (χ2n) is 8.29. The summed E-state index contributed by atoms with van der Waals surface area (Å²) in [6.07, 6.45) is 7.43. The van der Waals surface area contributed by atoms with Crippen molar-refractivity contribution >= 4 is 23.7 Å². The van der Waals surface area contributed by atoms with Crippen LogP contribution in [0.5, 0.6) is 0 Å². The highest BCUT2D eigenvalue weighted by atomic mass is 19.1. The second kappa shape index (κ2) is 8.98. The maximum absolute atomic E-state index is 13.6. The first-order valence-electron chi connectivity index (χ1n) is 10.9. The van der Waals surface area contributed by atoms with Crippen LogP contribution in [-0.2, 0) is 9.53 Å². The zero-order chi connectivity index (χ0) is 20.2. The van der Waals surface area contributed by atoms with Crippen LogP contribution in [0.1, 0.15) is 56.6 Å². The average molecular weight is 390 g/mol. The third kappa shape index (κ3) is 4.17. The van der Waals surface area contributed by atoms with Crippen LogP contribution in [-0.4, -0.2) is 19.3 Å².